The molecule has 1 saturated carbocycles. The number of carbonyl (C=O) groups is 2. The third-order valence-corrected chi connectivity index (χ3v) is 9.85. The Labute approximate surface area is 224 Å². The molecule has 7 nitrogen and oxygen atoms in total. The first-order chi connectivity index (χ1) is 18.3. The second-order valence-corrected chi connectivity index (χ2v) is 12.4. The van der Waals surface area contributed by atoms with Gasteiger partial charge >= 0.3 is 0 Å². The molecule has 1 heterocycles. The molecule has 0 radical (unpaired) electrons. The molecule has 0 unspecified atom stereocenters. The van der Waals surface area contributed by atoms with Crippen LogP contribution in [0.15, 0.2) is 71.6 Å². The molecule has 3 aromatic rings. The maximum atomic E-state index is 13.6. The summed E-state index contributed by atoms with van der Waals surface area (Å²) in [5.74, 6) is -0.688. The highest BCUT2D eigenvalue weighted by Gasteiger charge is 2.36. The van der Waals surface area contributed by atoms with Crippen molar-refractivity contribution >= 4 is 32.6 Å². The van der Waals surface area contributed by atoms with E-state index in [1.54, 1.807) is 12.1 Å². The maximum Gasteiger partial charge on any atom is 0.251 e. The number of fused-ring (bicyclic) bond motifs is 1. The van der Waals surface area contributed by atoms with E-state index in [4.69, 9.17) is 0 Å². The van der Waals surface area contributed by atoms with Crippen molar-refractivity contribution < 1.29 is 18.0 Å². The molecule has 200 valence electrons. The molecule has 2 fully saturated rings. The van der Waals surface area contributed by atoms with E-state index in [2.05, 4.69) is 10.6 Å². The number of hydrogen-bond donors (Lipinski definition) is 2. The first-order valence-corrected chi connectivity index (χ1v) is 14.9. The van der Waals surface area contributed by atoms with Crippen LogP contribution in [0.1, 0.15) is 54.4 Å². The van der Waals surface area contributed by atoms with Crippen molar-refractivity contribution in [1.29, 1.82) is 0 Å². The van der Waals surface area contributed by atoms with Gasteiger partial charge in [-0.2, -0.15) is 4.31 Å². The molecule has 0 bridgehead atoms. The van der Waals surface area contributed by atoms with Gasteiger partial charge in [0.15, 0.2) is 0 Å². The highest BCUT2D eigenvalue weighted by atomic mass is 32.2. The van der Waals surface area contributed by atoms with Crippen molar-refractivity contribution in [2.45, 2.75) is 62.4 Å². The predicted molar refractivity (Wildman–Crippen MR) is 148 cm³/mol. The molecule has 2 aliphatic rings. The minimum Gasteiger partial charge on any atom is -0.351 e. The zero-order valence-corrected chi connectivity index (χ0v) is 22.5. The second-order valence-electron chi connectivity index (χ2n) is 10.5. The average Bonchev–Trinajstić information content (AvgIpc) is 2.94. The van der Waals surface area contributed by atoms with Gasteiger partial charge in [-0.3, -0.25) is 9.59 Å². The number of amides is 2. The number of sulfonamides is 1. The van der Waals surface area contributed by atoms with Crippen molar-refractivity contribution in [2.75, 3.05) is 13.1 Å². The average molecular weight is 534 g/mol. The Hall–Kier alpha value is -3.23. The SMILES string of the molecule is Cc1ccccc1C(=O)N[C@@H]1CCCC[C@H]1NC(=O)[C@H]1CCCN(S(=O)(=O)c2cccc3ccccc23)C1. The Morgan fingerprint density at radius 1 is 0.816 bits per heavy atom. The number of hydrogen-bond acceptors (Lipinski definition) is 4. The molecule has 1 saturated heterocycles. The normalized spacial score (nSPS) is 22.6. The quantitative estimate of drug-likeness (QED) is 0.491. The lowest BCUT2D eigenvalue weighted by atomic mass is 9.89. The van der Waals surface area contributed by atoms with E-state index in [9.17, 15) is 18.0 Å². The molecule has 2 N–H and O–H groups in total. The number of piperidine rings is 1. The van der Waals surface area contributed by atoms with Gasteiger partial charge in [0.25, 0.3) is 5.91 Å². The number of benzene rings is 3. The van der Waals surface area contributed by atoms with Gasteiger partial charge in [-0.25, -0.2) is 8.42 Å². The third kappa shape index (κ3) is 5.47. The highest BCUT2D eigenvalue weighted by molar-refractivity contribution is 7.89. The summed E-state index contributed by atoms with van der Waals surface area (Å²) in [6.45, 7) is 2.47. The minimum absolute atomic E-state index is 0.126. The fourth-order valence-electron chi connectivity index (χ4n) is 5.79. The molecule has 1 aliphatic heterocycles. The van der Waals surface area contributed by atoms with Crippen molar-refractivity contribution in [3.8, 4) is 0 Å². The van der Waals surface area contributed by atoms with E-state index >= 15 is 0 Å². The van der Waals surface area contributed by atoms with Crippen LogP contribution in [0.2, 0.25) is 0 Å². The maximum absolute atomic E-state index is 13.6. The van der Waals surface area contributed by atoms with Gasteiger partial charge in [0.1, 0.15) is 0 Å². The van der Waals surface area contributed by atoms with Crippen LogP contribution >= 0.6 is 0 Å². The third-order valence-electron chi connectivity index (χ3n) is 7.92. The van der Waals surface area contributed by atoms with E-state index in [1.807, 2.05) is 61.5 Å². The number of rotatable bonds is 6. The summed E-state index contributed by atoms with van der Waals surface area (Å²) in [4.78, 5) is 26.6. The van der Waals surface area contributed by atoms with Crippen molar-refractivity contribution in [3.05, 3.63) is 77.9 Å². The molecular weight excluding hydrogens is 498 g/mol. The molecule has 0 aromatic heterocycles. The monoisotopic (exact) mass is 533 g/mol. The summed E-state index contributed by atoms with van der Waals surface area (Å²) in [7, 11) is -3.75. The molecule has 0 spiro atoms. The lowest BCUT2D eigenvalue weighted by Gasteiger charge is -2.36. The van der Waals surface area contributed by atoms with Crippen molar-refractivity contribution in [3.63, 3.8) is 0 Å². The van der Waals surface area contributed by atoms with Crippen molar-refractivity contribution in [2.24, 2.45) is 5.92 Å². The van der Waals surface area contributed by atoms with E-state index < -0.39 is 15.9 Å². The van der Waals surface area contributed by atoms with E-state index in [0.717, 1.165) is 36.6 Å². The largest absolute Gasteiger partial charge is 0.351 e. The van der Waals surface area contributed by atoms with Crippen LogP contribution < -0.4 is 10.6 Å². The first-order valence-electron chi connectivity index (χ1n) is 13.5. The van der Waals surface area contributed by atoms with Crippen LogP contribution in [-0.4, -0.2) is 49.7 Å². The Morgan fingerprint density at radius 3 is 2.29 bits per heavy atom. The standard InChI is InChI=1S/C30H35N3O4S/c1-21-10-2-4-14-24(21)30(35)32-27-17-7-6-16-26(27)31-29(34)23-13-9-19-33(20-23)38(36,37)28-18-8-12-22-11-3-5-15-25(22)28/h2-5,8,10-12,14-15,18,23,26-27H,6-7,9,13,16-17,19-20H2,1H3,(H,31,34)(H,32,35)/t23-,26+,27+/m0/s1. The summed E-state index contributed by atoms with van der Waals surface area (Å²) in [6.07, 6.45) is 4.82. The molecule has 5 rings (SSSR count). The fraction of sp³-hybridized carbons (Fsp3) is 0.400. The van der Waals surface area contributed by atoms with Gasteiger partial charge in [0.2, 0.25) is 15.9 Å². The predicted octanol–water partition coefficient (Wildman–Crippen LogP) is 4.41. The van der Waals surface area contributed by atoms with Gasteiger partial charge in [-0.05, 0) is 55.7 Å². The van der Waals surface area contributed by atoms with Crippen LogP contribution in [0.25, 0.3) is 10.8 Å². The van der Waals surface area contributed by atoms with Gasteiger partial charge in [-0.15, -0.1) is 0 Å². The van der Waals surface area contributed by atoms with Crippen LogP contribution in [0, 0.1) is 12.8 Å². The lowest BCUT2D eigenvalue weighted by molar-refractivity contribution is -0.127. The Kier molecular flexibility index (Phi) is 7.81. The summed E-state index contributed by atoms with van der Waals surface area (Å²) in [6, 6.07) is 19.9. The molecule has 3 atom stereocenters. The number of carbonyl (C=O) groups excluding carboxylic acids is 2. The van der Waals surface area contributed by atoms with Gasteiger partial charge < -0.3 is 10.6 Å². The van der Waals surface area contributed by atoms with Crippen molar-refractivity contribution in [1.82, 2.24) is 14.9 Å². The molecular formula is C30H35N3O4S. The summed E-state index contributed by atoms with van der Waals surface area (Å²) < 4.78 is 28.7. The topological polar surface area (TPSA) is 95.6 Å². The smallest absolute Gasteiger partial charge is 0.251 e. The summed E-state index contributed by atoms with van der Waals surface area (Å²) in [5.41, 5.74) is 1.56. The first kappa shape index (κ1) is 26.4. The van der Waals surface area contributed by atoms with Crippen LogP contribution in [-0.2, 0) is 14.8 Å². The van der Waals surface area contributed by atoms with Crippen LogP contribution in [0.3, 0.4) is 0 Å². The van der Waals surface area contributed by atoms with Gasteiger partial charge in [0, 0.05) is 36.1 Å². The molecule has 38 heavy (non-hydrogen) atoms. The number of aryl methyl sites for hydroxylation is 1. The Bertz CT molecular complexity index is 1430. The zero-order chi connectivity index (χ0) is 26.7. The van der Waals surface area contributed by atoms with E-state index in [0.29, 0.717) is 30.3 Å². The zero-order valence-electron chi connectivity index (χ0n) is 21.7. The molecule has 2 amide bonds. The second kappa shape index (κ2) is 11.3. The molecule has 8 heteroatoms. The summed E-state index contributed by atoms with van der Waals surface area (Å²) >= 11 is 0. The van der Waals surface area contributed by atoms with Gasteiger partial charge in [0.05, 0.1) is 10.8 Å². The van der Waals surface area contributed by atoms with Crippen LogP contribution in [0.5, 0.6) is 0 Å². The van der Waals surface area contributed by atoms with Gasteiger partial charge in [-0.1, -0.05) is 67.4 Å². The van der Waals surface area contributed by atoms with Crippen LogP contribution in [0.4, 0.5) is 0 Å². The summed E-state index contributed by atoms with van der Waals surface area (Å²) in [5, 5.41) is 7.88. The lowest BCUT2D eigenvalue weighted by Crippen LogP contribution is -2.55. The number of nitrogens with one attached hydrogen (secondary N) is 2. The Balaban J connectivity index is 1.27. The molecule has 1 aliphatic carbocycles. The fourth-order valence-corrected chi connectivity index (χ4v) is 7.52. The highest BCUT2D eigenvalue weighted by Crippen LogP contribution is 2.29. The van der Waals surface area contributed by atoms with E-state index in [1.165, 1.54) is 4.31 Å². The minimum atomic E-state index is -3.75. The molecule has 3 aromatic carbocycles. The van der Waals surface area contributed by atoms with E-state index in [-0.39, 0.29) is 35.3 Å². The number of nitrogens with zero attached hydrogens (tertiary/aromatic N) is 1. The Morgan fingerprint density at radius 2 is 1.50 bits per heavy atom.